The van der Waals surface area contributed by atoms with Crippen molar-refractivity contribution in [2.24, 2.45) is 23.7 Å². The van der Waals surface area contributed by atoms with E-state index < -0.39 is 0 Å². The van der Waals surface area contributed by atoms with E-state index in [0.29, 0.717) is 0 Å². The highest BCUT2D eigenvalue weighted by atomic mass is 14.9. The maximum atomic E-state index is 2.72. The fraction of sp³-hybridized carbons (Fsp3) is 0.500. The molecule has 8 bridgehead atoms. The van der Waals surface area contributed by atoms with E-state index in [9.17, 15) is 0 Å². The smallest absolute Gasteiger partial charge is 0.0620 e. The molecule has 0 saturated heterocycles. The fourth-order valence-corrected chi connectivity index (χ4v) is 11.8. The first kappa shape index (κ1) is 19.5. The van der Waals surface area contributed by atoms with Gasteiger partial charge in [-0.05, 0) is 158 Å². The van der Waals surface area contributed by atoms with Crippen molar-refractivity contribution in [2.75, 3.05) is 0 Å². The summed E-state index contributed by atoms with van der Waals surface area (Å²) in [5.41, 5.74) is 11.4. The summed E-state index contributed by atoms with van der Waals surface area (Å²) in [5, 5.41) is 6.04. The number of hydrogen-bond acceptors (Lipinski definition) is 0. The lowest BCUT2D eigenvalue weighted by atomic mass is 9.67. The van der Waals surface area contributed by atoms with Crippen molar-refractivity contribution in [1.82, 2.24) is 4.40 Å². The van der Waals surface area contributed by atoms with Gasteiger partial charge in [0, 0.05) is 21.5 Å². The third-order valence-corrected chi connectivity index (χ3v) is 12.8. The third kappa shape index (κ3) is 2.32. The lowest BCUT2D eigenvalue weighted by Gasteiger charge is -2.38. The van der Waals surface area contributed by atoms with Crippen molar-refractivity contribution >= 4 is 38.1 Å². The summed E-state index contributed by atoms with van der Waals surface area (Å²) < 4.78 is 2.72. The number of fused-ring (bicyclic) bond motifs is 6. The maximum absolute atomic E-state index is 2.72. The number of aromatic nitrogens is 1. The van der Waals surface area contributed by atoms with E-state index in [0.717, 1.165) is 47.3 Å². The maximum Gasteiger partial charge on any atom is 0.0620 e. The zero-order chi connectivity index (χ0) is 23.6. The van der Waals surface area contributed by atoms with Gasteiger partial charge in [-0.15, -0.1) is 0 Å². The van der Waals surface area contributed by atoms with Crippen molar-refractivity contribution in [1.29, 1.82) is 0 Å². The SMILES string of the molecule is c1cc2c3cc4c(cc3n3c5cc6c(cc5c(c1)c23)C1CC2CC(C1)CC6C2)C1CC2CC(CC4C2)C1. The minimum absolute atomic E-state index is 0.805. The molecule has 0 N–H and O–H groups in total. The molecule has 0 amide bonds. The molecule has 0 aliphatic heterocycles. The Morgan fingerprint density at radius 3 is 1.22 bits per heavy atom. The van der Waals surface area contributed by atoms with Crippen LogP contribution in [0.5, 0.6) is 0 Å². The van der Waals surface area contributed by atoms with E-state index in [1.807, 2.05) is 0 Å². The molecule has 184 valence electrons. The van der Waals surface area contributed by atoms with Gasteiger partial charge in [0.1, 0.15) is 0 Å². The number of para-hydroxylation sites is 1. The lowest BCUT2D eigenvalue weighted by molar-refractivity contribution is 0.165. The van der Waals surface area contributed by atoms with Crippen LogP contribution in [0.4, 0.5) is 0 Å². The molecule has 0 radical (unpaired) electrons. The number of hydrogen-bond donors (Lipinski definition) is 0. The Balaban J connectivity index is 1.24. The summed E-state index contributed by atoms with van der Waals surface area (Å²) >= 11 is 0. The van der Waals surface area contributed by atoms with Gasteiger partial charge in [-0.3, -0.25) is 0 Å². The Labute approximate surface area is 218 Å². The predicted molar refractivity (Wildman–Crippen MR) is 152 cm³/mol. The van der Waals surface area contributed by atoms with Crippen LogP contribution < -0.4 is 0 Å². The van der Waals surface area contributed by atoms with Crippen LogP contribution >= 0.6 is 0 Å². The van der Waals surface area contributed by atoms with Crippen molar-refractivity contribution in [3.8, 4) is 0 Å². The molecule has 2 aromatic heterocycles. The standard InChI is InChI=1S/C36H35N/c1-2-26-32-14-28-22-6-18-4-19(7-22)11-24(10-18)30(28)16-34(32)37-35-17-31-25-12-20-5-21(13-25)9-23(8-20)29(31)15-33(35)27(3-1)36(26)37/h1-3,14-25H,4-13H2. The highest BCUT2D eigenvalue weighted by Crippen LogP contribution is 2.59. The average molecular weight is 482 g/mol. The summed E-state index contributed by atoms with van der Waals surface area (Å²) in [6, 6.07) is 18.0. The van der Waals surface area contributed by atoms with Crippen LogP contribution in [0.2, 0.25) is 0 Å². The van der Waals surface area contributed by atoms with Crippen LogP contribution in [-0.2, 0) is 0 Å². The number of rotatable bonds is 0. The number of nitrogens with zero attached hydrogens (tertiary/aromatic N) is 1. The Morgan fingerprint density at radius 1 is 0.432 bits per heavy atom. The average Bonchev–Trinajstić information content (AvgIpc) is 3.28. The van der Waals surface area contributed by atoms with Gasteiger partial charge >= 0.3 is 0 Å². The highest BCUT2D eigenvalue weighted by Gasteiger charge is 2.44. The molecule has 0 spiro atoms. The predicted octanol–water partition coefficient (Wildman–Crippen LogP) is 9.62. The van der Waals surface area contributed by atoms with Gasteiger partial charge < -0.3 is 4.40 Å². The van der Waals surface area contributed by atoms with Crippen molar-refractivity contribution in [2.45, 2.75) is 87.9 Å². The topological polar surface area (TPSA) is 4.41 Å². The van der Waals surface area contributed by atoms with E-state index in [4.69, 9.17) is 0 Å². The molecule has 5 aromatic rings. The van der Waals surface area contributed by atoms with Crippen LogP contribution in [0.25, 0.3) is 38.1 Å². The van der Waals surface area contributed by atoms with Gasteiger partial charge in [0.05, 0.1) is 16.6 Å². The molecule has 1 heteroatoms. The van der Waals surface area contributed by atoms with E-state index in [1.165, 1.54) is 102 Å². The third-order valence-electron chi connectivity index (χ3n) is 12.8. The quantitative estimate of drug-likeness (QED) is 0.207. The van der Waals surface area contributed by atoms with Crippen LogP contribution in [0.3, 0.4) is 0 Å². The Hall–Kier alpha value is -2.54. The second kappa shape index (κ2) is 6.36. The Bertz CT molecular complexity index is 1650. The summed E-state index contributed by atoms with van der Waals surface area (Å²) in [6.45, 7) is 0. The van der Waals surface area contributed by atoms with E-state index in [2.05, 4.69) is 46.9 Å². The zero-order valence-electron chi connectivity index (χ0n) is 21.7. The van der Waals surface area contributed by atoms with Gasteiger partial charge in [-0.25, -0.2) is 0 Å². The summed E-state index contributed by atoms with van der Waals surface area (Å²) in [4.78, 5) is 0. The fourth-order valence-electron chi connectivity index (χ4n) is 11.8. The molecular weight excluding hydrogens is 446 g/mol. The van der Waals surface area contributed by atoms with Crippen molar-refractivity contribution < 1.29 is 0 Å². The Morgan fingerprint density at radius 2 is 0.811 bits per heavy atom. The van der Waals surface area contributed by atoms with Crippen LogP contribution in [0, 0.1) is 23.7 Å². The monoisotopic (exact) mass is 481 g/mol. The summed E-state index contributed by atoms with van der Waals surface area (Å²) in [7, 11) is 0. The molecule has 2 heterocycles. The van der Waals surface area contributed by atoms with Crippen LogP contribution in [0.1, 0.15) is 110 Å². The molecule has 13 rings (SSSR count). The largest absolute Gasteiger partial charge is 0.308 e. The lowest BCUT2D eigenvalue weighted by Crippen LogP contribution is -2.25. The molecule has 4 fully saturated rings. The molecule has 3 aromatic carbocycles. The second-order valence-corrected chi connectivity index (χ2v) is 14.6. The van der Waals surface area contributed by atoms with Crippen molar-refractivity contribution in [3.63, 3.8) is 0 Å². The van der Waals surface area contributed by atoms with Gasteiger partial charge in [0.2, 0.25) is 0 Å². The molecule has 4 atom stereocenters. The zero-order valence-corrected chi connectivity index (χ0v) is 21.7. The van der Waals surface area contributed by atoms with Gasteiger partial charge in [0.15, 0.2) is 0 Å². The van der Waals surface area contributed by atoms with E-state index in [1.54, 1.807) is 22.3 Å². The minimum atomic E-state index is 0.805. The molecule has 37 heavy (non-hydrogen) atoms. The van der Waals surface area contributed by atoms with Crippen LogP contribution in [0.15, 0.2) is 42.5 Å². The van der Waals surface area contributed by atoms with Crippen LogP contribution in [-0.4, -0.2) is 4.40 Å². The first-order chi connectivity index (χ1) is 18.2. The minimum Gasteiger partial charge on any atom is -0.308 e. The van der Waals surface area contributed by atoms with Gasteiger partial charge in [-0.2, -0.15) is 0 Å². The Kier molecular flexibility index (Phi) is 3.35. The first-order valence-corrected chi connectivity index (χ1v) is 15.5. The summed E-state index contributed by atoms with van der Waals surface area (Å²) in [6.07, 6.45) is 14.6. The number of benzene rings is 3. The molecule has 4 saturated carbocycles. The molecule has 8 aliphatic rings. The molecular formula is C36H35N. The second-order valence-electron chi connectivity index (χ2n) is 14.6. The van der Waals surface area contributed by atoms with E-state index >= 15 is 0 Å². The van der Waals surface area contributed by atoms with Crippen molar-refractivity contribution in [3.05, 3.63) is 64.7 Å². The highest BCUT2D eigenvalue weighted by molar-refractivity contribution is 6.23. The first-order valence-electron chi connectivity index (χ1n) is 15.5. The molecule has 4 unspecified atom stereocenters. The molecule has 8 aliphatic carbocycles. The normalized spacial score (nSPS) is 37.2. The van der Waals surface area contributed by atoms with Gasteiger partial charge in [0.25, 0.3) is 0 Å². The summed E-state index contributed by atoms with van der Waals surface area (Å²) in [5.74, 6) is 7.17. The van der Waals surface area contributed by atoms with Gasteiger partial charge in [-0.1, -0.05) is 18.2 Å². The molecule has 1 nitrogen and oxygen atoms in total. The van der Waals surface area contributed by atoms with E-state index in [-0.39, 0.29) is 0 Å².